The van der Waals surface area contributed by atoms with E-state index in [2.05, 4.69) is 26.3 Å². The minimum absolute atomic E-state index is 0.550. The van der Waals surface area contributed by atoms with Crippen LogP contribution in [0.1, 0.15) is 0 Å². The highest BCUT2D eigenvalue weighted by Crippen LogP contribution is 2.30. The quantitative estimate of drug-likeness (QED) is 0.325. The van der Waals surface area contributed by atoms with Gasteiger partial charge >= 0.3 is 0 Å². The highest BCUT2D eigenvalue weighted by atomic mass is 79.9. The number of anilines is 1. The van der Waals surface area contributed by atoms with E-state index in [-0.39, 0.29) is 0 Å². The lowest BCUT2D eigenvalue weighted by molar-refractivity contribution is 1.06. The van der Waals surface area contributed by atoms with E-state index in [1.807, 2.05) is 12.1 Å². The summed E-state index contributed by atoms with van der Waals surface area (Å²) in [5.41, 5.74) is 6.68. The summed E-state index contributed by atoms with van der Waals surface area (Å²) in [5.74, 6) is 4.88. The van der Waals surface area contributed by atoms with Gasteiger partial charge < -0.3 is 11.6 Å². The van der Waals surface area contributed by atoms with Crippen LogP contribution in [0.2, 0.25) is 0 Å². The van der Waals surface area contributed by atoms with Crippen molar-refractivity contribution in [2.75, 3.05) is 5.73 Å². The van der Waals surface area contributed by atoms with Gasteiger partial charge in [0.05, 0.1) is 5.69 Å². The summed E-state index contributed by atoms with van der Waals surface area (Å²) in [4.78, 5) is 0. The third kappa shape index (κ3) is 1.68. The highest BCUT2D eigenvalue weighted by molar-refractivity contribution is 9.10. The molecule has 0 amide bonds. The van der Waals surface area contributed by atoms with E-state index >= 15 is 0 Å². The number of hydrogen-bond acceptors (Lipinski definition) is 3. The number of rotatable bonds is 1. The zero-order valence-electron chi connectivity index (χ0n) is 5.66. The number of nitrogens with two attached hydrogens (primary N) is 2. The molecule has 58 valence electrons. The van der Waals surface area contributed by atoms with Crippen LogP contribution in [0.15, 0.2) is 33.0 Å². The van der Waals surface area contributed by atoms with Crippen molar-refractivity contribution in [1.29, 1.82) is 0 Å². The molecule has 0 aliphatic heterocycles. The van der Waals surface area contributed by atoms with Gasteiger partial charge in [-0.05, 0) is 28.1 Å². The van der Waals surface area contributed by atoms with Crippen LogP contribution in [0.4, 0.5) is 11.4 Å². The number of hydrogen-bond donors (Lipinski definition) is 2. The molecule has 1 rings (SSSR count). The van der Waals surface area contributed by atoms with Gasteiger partial charge in [0.15, 0.2) is 0 Å². The van der Waals surface area contributed by atoms with Crippen LogP contribution in [0.25, 0.3) is 0 Å². The Morgan fingerprint density at radius 1 is 1.36 bits per heavy atom. The molecule has 5 heteroatoms. The van der Waals surface area contributed by atoms with E-state index < -0.39 is 0 Å². The molecule has 0 radical (unpaired) electrons. The van der Waals surface area contributed by atoms with Crippen molar-refractivity contribution in [1.82, 2.24) is 0 Å². The predicted molar refractivity (Wildman–Crippen MR) is 47.3 cm³/mol. The summed E-state index contributed by atoms with van der Waals surface area (Å²) >= 11 is 3.26. The zero-order chi connectivity index (χ0) is 8.27. The normalized spacial score (nSPS) is 10.6. The van der Waals surface area contributed by atoms with Crippen molar-refractivity contribution in [2.24, 2.45) is 16.2 Å². The third-order valence-corrected chi connectivity index (χ3v) is 1.82. The summed E-state index contributed by atoms with van der Waals surface area (Å²) < 4.78 is 0.784. The molecule has 0 aliphatic carbocycles. The fourth-order valence-corrected chi connectivity index (χ4v) is 1.16. The predicted octanol–water partition coefficient (Wildman–Crippen LogP) is 1.99. The van der Waals surface area contributed by atoms with Crippen molar-refractivity contribution in [2.45, 2.75) is 0 Å². The second kappa shape index (κ2) is 3.34. The Morgan fingerprint density at radius 3 is 2.64 bits per heavy atom. The molecule has 0 heterocycles. The fraction of sp³-hybridized carbons (Fsp3) is 0. The van der Waals surface area contributed by atoms with Gasteiger partial charge in [0.25, 0.3) is 0 Å². The Morgan fingerprint density at radius 2 is 2.09 bits per heavy atom. The average molecular weight is 215 g/mol. The van der Waals surface area contributed by atoms with Crippen LogP contribution in [0, 0.1) is 0 Å². The van der Waals surface area contributed by atoms with Crippen LogP contribution < -0.4 is 11.6 Å². The molecule has 11 heavy (non-hydrogen) atoms. The van der Waals surface area contributed by atoms with Crippen molar-refractivity contribution in [3.05, 3.63) is 22.7 Å². The lowest BCUT2D eigenvalue weighted by atomic mass is 10.3. The van der Waals surface area contributed by atoms with Gasteiger partial charge in [0.1, 0.15) is 5.69 Å². The molecule has 1 aromatic carbocycles. The Hall–Kier alpha value is -1.10. The zero-order valence-corrected chi connectivity index (χ0v) is 7.25. The second-order valence-corrected chi connectivity index (χ2v) is 2.75. The topological polar surface area (TPSA) is 76.8 Å². The monoisotopic (exact) mass is 214 g/mol. The molecule has 0 fully saturated rings. The molecule has 0 atom stereocenters. The van der Waals surface area contributed by atoms with Gasteiger partial charge in [-0.25, -0.2) is 0 Å². The largest absolute Gasteiger partial charge is 0.397 e. The van der Waals surface area contributed by atoms with Gasteiger partial charge in [-0.1, -0.05) is 11.3 Å². The number of nitrogens with zero attached hydrogens (tertiary/aromatic N) is 2. The van der Waals surface area contributed by atoms with Gasteiger partial charge in [0, 0.05) is 4.47 Å². The SMILES string of the molecule is NN=Nc1c(N)cccc1Br. The maximum absolute atomic E-state index is 5.57. The summed E-state index contributed by atoms with van der Waals surface area (Å²) in [7, 11) is 0. The van der Waals surface area contributed by atoms with E-state index in [0.29, 0.717) is 11.4 Å². The fourth-order valence-electron chi connectivity index (χ4n) is 0.695. The van der Waals surface area contributed by atoms with Crippen LogP contribution in [0.5, 0.6) is 0 Å². The van der Waals surface area contributed by atoms with E-state index in [9.17, 15) is 0 Å². The van der Waals surface area contributed by atoms with Crippen LogP contribution in [-0.4, -0.2) is 0 Å². The van der Waals surface area contributed by atoms with Crippen molar-refractivity contribution < 1.29 is 0 Å². The minimum atomic E-state index is 0.550. The smallest absolute Gasteiger partial charge is 0.124 e. The molecule has 4 nitrogen and oxygen atoms in total. The van der Waals surface area contributed by atoms with Crippen molar-refractivity contribution in [3.8, 4) is 0 Å². The first-order valence-electron chi connectivity index (χ1n) is 2.90. The van der Waals surface area contributed by atoms with Crippen molar-refractivity contribution >= 4 is 27.3 Å². The Labute approximate surface area is 72.4 Å². The maximum Gasteiger partial charge on any atom is 0.124 e. The summed E-state index contributed by atoms with van der Waals surface area (Å²) in [5, 5.41) is 6.78. The van der Waals surface area contributed by atoms with Gasteiger partial charge in [-0.15, -0.1) is 5.11 Å². The van der Waals surface area contributed by atoms with Gasteiger partial charge in [0.2, 0.25) is 0 Å². The molecule has 0 aliphatic rings. The first-order chi connectivity index (χ1) is 5.25. The van der Waals surface area contributed by atoms with E-state index in [4.69, 9.17) is 11.6 Å². The molecule has 0 unspecified atom stereocenters. The lowest BCUT2D eigenvalue weighted by Gasteiger charge is -1.98. The molecule has 1 aromatic rings. The maximum atomic E-state index is 5.57. The van der Waals surface area contributed by atoms with Crippen LogP contribution >= 0.6 is 15.9 Å². The standard InChI is InChI=1S/C6H7BrN4/c7-4-2-1-3-5(8)6(4)10-11-9/h1-3H,8H2,(H2,9,10). The Kier molecular flexibility index (Phi) is 2.43. The van der Waals surface area contributed by atoms with Crippen LogP contribution in [-0.2, 0) is 0 Å². The Balaban J connectivity index is 3.20. The molecular formula is C6H7BrN4. The number of halogens is 1. The summed E-state index contributed by atoms with van der Waals surface area (Å²) in [6.07, 6.45) is 0. The third-order valence-electron chi connectivity index (χ3n) is 1.18. The first kappa shape index (κ1) is 8.00. The molecule has 0 saturated carbocycles. The minimum Gasteiger partial charge on any atom is -0.397 e. The van der Waals surface area contributed by atoms with Gasteiger partial charge in [-0.2, -0.15) is 0 Å². The number of benzene rings is 1. The lowest BCUT2D eigenvalue weighted by Crippen LogP contribution is -1.85. The molecular weight excluding hydrogens is 208 g/mol. The average Bonchev–Trinajstić information content (AvgIpc) is 1.97. The summed E-state index contributed by atoms with van der Waals surface area (Å²) in [6.45, 7) is 0. The van der Waals surface area contributed by atoms with Crippen molar-refractivity contribution in [3.63, 3.8) is 0 Å². The molecule has 0 bridgehead atoms. The molecule has 0 aromatic heterocycles. The van der Waals surface area contributed by atoms with E-state index in [0.717, 1.165) is 4.47 Å². The molecule has 0 spiro atoms. The van der Waals surface area contributed by atoms with Gasteiger partial charge in [-0.3, -0.25) is 0 Å². The Bertz CT molecular complexity index is 264. The van der Waals surface area contributed by atoms with Crippen LogP contribution in [0.3, 0.4) is 0 Å². The molecule has 0 saturated heterocycles. The van der Waals surface area contributed by atoms with E-state index in [1.165, 1.54) is 0 Å². The second-order valence-electron chi connectivity index (χ2n) is 1.89. The van der Waals surface area contributed by atoms with E-state index in [1.54, 1.807) is 6.07 Å². The number of nitrogen functional groups attached to an aromatic ring is 1. The molecule has 4 N–H and O–H groups in total. The highest BCUT2D eigenvalue weighted by Gasteiger charge is 2.00. The first-order valence-corrected chi connectivity index (χ1v) is 3.70. The summed E-state index contributed by atoms with van der Waals surface area (Å²) in [6, 6.07) is 5.37.